The molecule has 0 bridgehead atoms. The Bertz CT molecular complexity index is 587. The average molecular weight is 304 g/mol. The van der Waals surface area contributed by atoms with E-state index in [1.54, 1.807) is 25.1 Å². The minimum atomic E-state index is 0.290. The molecule has 0 amide bonds. The molecule has 0 N–H and O–H groups in total. The zero-order valence-electron chi connectivity index (χ0n) is 9.45. The lowest BCUT2D eigenvalue weighted by atomic mass is 10.2. The maximum atomic E-state index is 10.9. The van der Waals surface area contributed by atoms with Gasteiger partial charge in [0.05, 0.1) is 17.8 Å². The van der Waals surface area contributed by atoms with Gasteiger partial charge in [0, 0.05) is 15.6 Å². The number of rotatable bonds is 3. The molecule has 1 aromatic heterocycles. The van der Waals surface area contributed by atoms with Crippen molar-refractivity contribution in [1.29, 1.82) is 0 Å². The number of benzene rings is 1. The zero-order chi connectivity index (χ0) is 13.3. The van der Waals surface area contributed by atoms with Crippen LogP contribution in [0.15, 0.2) is 18.2 Å². The number of carbonyl (C=O) groups is 1. The van der Waals surface area contributed by atoms with Gasteiger partial charge in [-0.05, 0) is 19.1 Å². The lowest BCUT2D eigenvalue weighted by Gasteiger charge is -2.07. The molecule has 94 valence electrons. The van der Waals surface area contributed by atoms with Gasteiger partial charge >= 0.3 is 0 Å². The summed E-state index contributed by atoms with van der Waals surface area (Å²) in [4.78, 5) is 10.9. The van der Waals surface area contributed by atoms with E-state index in [0.717, 1.165) is 5.56 Å². The van der Waals surface area contributed by atoms with Crippen molar-refractivity contribution < 1.29 is 4.79 Å². The van der Waals surface area contributed by atoms with Crippen molar-refractivity contribution >= 4 is 41.1 Å². The fourth-order valence-electron chi connectivity index (χ4n) is 1.64. The minimum Gasteiger partial charge on any atom is -0.298 e. The smallest absolute Gasteiger partial charge is 0.155 e. The van der Waals surface area contributed by atoms with E-state index in [-0.39, 0.29) is 0 Å². The van der Waals surface area contributed by atoms with Gasteiger partial charge in [0.15, 0.2) is 6.29 Å². The van der Waals surface area contributed by atoms with Crippen LogP contribution in [0.5, 0.6) is 0 Å². The molecule has 0 aliphatic heterocycles. The van der Waals surface area contributed by atoms with Crippen LogP contribution in [0.1, 0.15) is 21.6 Å². The van der Waals surface area contributed by atoms with Gasteiger partial charge in [-0.1, -0.05) is 40.9 Å². The second-order valence-electron chi connectivity index (χ2n) is 3.77. The van der Waals surface area contributed by atoms with Crippen molar-refractivity contribution in [1.82, 2.24) is 9.78 Å². The Morgan fingerprint density at radius 3 is 2.39 bits per heavy atom. The summed E-state index contributed by atoms with van der Waals surface area (Å²) in [6, 6.07) is 5.25. The van der Waals surface area contributed by atoms with Gasteiger partial charge < -0.3 is 0 Å². The van der Waals surface area contributed by atoms with Crippen LogP contribution in [0.2, 0.25) is 15.2 Å². The highest BCUT2D eigenvalue weighted by molar-refractivity contribution is 6.36. The van der Waals surface area contributed by atoms with E-state index >= 15 is 0 Å². The van der Waals surface area contributed by atoms with E-state index in [0.29, 0.717) is 39.3 Å². The highest BCUT2D eigenvalue weighted by atomic mass is 35.5. The van der Waals surface area contributed by atoms with Gasteiger partial charge in [-0.2, -0.15) is 5.10 Å². The van der Waals surface area contributed by atoms with Crippen molar-refractivity contribution in [2.75, 3.05) is 0 Å². The van der Waals surface area contributed by atoms with E-state index in [1.165, 1.54) is 4.68 Å². The van der Waals surface area contributed by atoms with Gasteiger partial charge in [-0.25, -0.2) is 4.68 Å². The summed E-state index contributed by atoms with van der Waals surface area (Å²) in [5.74, 6) is 0. The molecule has 0 saturated carbocycles. The van der Waals surface area contributed by atoms with E-state index in [2.05, 4.69) is 5.10 Å². The molecule has 0 unspecified atom stereocenters. The minimum absolute atomic E-state index is 0.290. The fourth-order valence-corrected chi connectivity index (χ4v) is 2.43. The van der Waals surface area contributed by atoms with E-state index in [4.69, 9.17) is 34.8 Å². The van der Waals surface area contributed by atoms with Crippen molar-refractivity contribution in [2.24, 2.45) is 0 Å². The number of aryl methyl sites for hydroxylation is 1. The standard InChI is InChI=1S/C12H9Cl3N2O/c1-7-9(6-18)12(15)17(16-7)5-8-10(13)3-2-4-11(8)14/h2-4,6H,5H2,1H3. The Hall–Kier alpha value is -1.03. The zero-order valence-corrected chi connectivity index (χ0v) is 11.7. The number of halogens is 3. The summed E-state index contributed by atoms with van der Waals surface area (Å²) in [6.07, 6.45) is 0.690. The molecule has 1 heterocycles. The topological polar surface area (TPSA) is 34.9 Å². The quantitative estimate of drug-likeness (QED) is 0.803. The highest BCUT2D eigenvalue weighted by Crippen LogP contribution is 2.27. The number of hydrogen-bond acceptors (Lipinski definition) is 2. The van der Waals surface area contributed by atoms with Crippen molar-refractivity contribution in [2.45, 2.75) is 13.5 Å². The molecule has 0 fully saturated rings. The molecule has 6 heteroatoms. The maximum absolute atomic E-state index is 10.9. The van der Waals surface area contributed by atoms with Crippen LogP contribution in [0, 0.1) is 6.92 Å². The Kier molecular flexibility index (Phi) is 3.95. The highest BCUT2D eigenvalue weighted by Gasteiger charge is 2.15. The third kappa shape index (κ3) is 2.39. The van der Waals surface area contributed by atoms with Crippen LogP contribution >= 0.6 is 34.8 Å². The maximum Gasteiger partial charge on any atom is 0.155 e. The Morgan fingerprint density at radius 2 is 1.89 bits per heavy atom. The molecule has 3 nitrogen and oxygen atoms in total. The lowest BCUT2D eigenvalue weighted by molar-refractivity contribution is 0.112. The van der Waals surface area contributed by atoms with Crippen LogP contribution in [0.4, 0.5) is 0 Å². The van der Waals surface area contributed by atoms with Crippen LogP contribution < -0.4 is 0 Å². The molecule has 0 saturated heterocycles. The molecule has 0 aliphatic rings. The van der Waals surface area contributed by atoms with Crippen LogP contribution in [0.3, 0.4) is 0 Å². The largest absolute Gasteiger partial charge is 0.298 e. The van der Waals surface area contributed by atoms with E-state index in [9.17, 15) is 4.79 Å². The summed E-state index contributed by atoms with van der Waals surface area (Å²) < 4.78 is 1.51. The van der Waals surface area contributed by atoms with Crippen LogP contribution in [-0.4, -0.2) is 16.1 Å². The Balaban J connectivity index is 2.44. The third-order valence-corrected chi connectivity index (χ3v) is 3.70. The molecule has 0 atom stereocenters. The molecular formula is C12H9Cl3N2O. The number of aldehydes is 1. The first-order chi connectivity index (χ1) is 8.54. The van der Waals surface area contributed by atoms with Crippen LogP contribution in [-0.2, 0) is 6.54 Å². The first-order valence-corrected chi connectivity index (χ1v) is 6.29. The normalized spacial score (nSPS) is 10.7. The predicted molar refractivity (Wildman–Crippen MR) is 72.9 cm³/mol. The summed E-state index contributed by atoms with van der Waals surface area (Å²) in [7, 11) is 0. The first-order valence-electron chi connectivity index (χ1n) is 5.15. The van der Waals surface area contributed by atoms with Gasteiger partial charge in [-0.15, -0.1) is 0 Å². The summed E-state index contributed by atoms with van der Waals surface area (Å²) in [6.45, 7) is 2.05. The first kappa shape index (κ1) is 13.4. The molecule has 1 aromatic carbocycles. The third-order valence-electron chi connectivity index (χ3n) is 2.60. The number of hydrogen-bond donors (Lipinski definition) is 0. The monoisotopic (exact) mass is 302 g/mol. The van der Waals surface area contributed by atoms with Crippen molar-refractivity contribution in [3.05, 3.63) is 50.2 Å². The summed E-state index contributed by atoms with van der Waals surface area (Å²) in [5.41, 5.74) is 1.70. The van der Waals surface area contributed by atoms with Crippen molar-refractivity contribution in [3.8, 4) is 0 Å². The average Bonchev–Trinajstić information content (AvgIpc) is 2.59. The number of carbonyl (C=O) groups excluding carboxylic acids is 1. The molecule has 2 rings (SSSR count). The number of nitrogens with zero attached hydrogens (tertiary/aromatic N) is 2. The molecule has 0 aliphatic carbocycles. The fraction of sp³-hybridized carbons (Fsp3) is 0.167. The van der Waals surface area contributed by atoms with E-state index in [1.807, 2.05) is 0 Å². The SMILES string of the molecule is Cc1nn(Cc2c(Cl)cccc2Cl)c(Cl)c1C=O. The molecule has 2 aromatic rings. The van der Waals surface area contributed by atoms with Crippen LogP contribution in [0.25, 0.3) is 0 Å². The summed E-state index contributed by atoms with van der Waals surface area (Å²) >= 11 is 18.2. The molecule has 0 radical (unpaired) electrons. The van der Waals surface area contributed by atoms with Gasteiger partial charge in [0.1, 0.15) is 5.15 Å². The second-order valence-corrected chi connectivity index (χ2v) is 4.94. The van der Waals surface area contributed by atoms with E-state index < -0.39 is 0 Å². The number of aromatic nitrogens is 2. The van der Waals surface area contributed by atoms with Gasteiger partial charge in [-0.3, -0.25) is 4.79 Å². The van der Waals surface area contributed by atoms with Gasteiger partial charge in [0.2, 0.25) is 0 Å². The Labute approximate surface area is 119 Å². The molecule has 18 heavy (non-hydrogen) atoms. The Morgan fingerprint density at radius 1 is 1.28 bits per heavy atom. The second kappa shape index (κ2) is 5.31. The summed E-state index contributed by atoms with van der Waals surface area (Å²) in [5, 5.41) is 5.57. The predicted octanol–water partition coefficient (Wildman–Crippen LogP) is 4.01. The molecular weight excluding hydrogens is 295 g/mol. The molecule has 0 spiro atoms. The van der Waals surface area contributed by atoms with Gasteiger partial charge in [0.25, 0.3) is 0 Å². The van der Waals surface area contributed by atoms with Crippen molar-refractivity contribution in [3.63, 3.8) is 0 Å². The lowest BCUT2D eigenvalue weighted by Crippen LogP contribution is -2.03.